The molecule has 110 valence electrons. The number of carbonyl (C=O) groups is 1. The van der Waals surface area contributed by atoms with Gasteiger partial charge in [-0.25, -0.2) is 0 Å². The summed E-state index contributed by atoms with van der Waals surface area (Å²) in [6, 6.07) is 10.3. The van der Waals surface area contributed by atoms with E-state index in [0.29, 0.717) is 24.0 Å². The van der Waals surface area contributed by atoms with Crippen LogP contribution >= 0.6 is 0 Å². The number of hydrogen-bond acceptors (Lipinski definition) is 2. The van der Waals surface area contributed by atoms with Crippen molar-refractivity contribution in [3.8, 4) is 0 Å². The number of carbonyl (C=O) groups excluding carboxylic acids is 1. The van der Waals surface area contributed by atoms with Gasteiger partial charge in [0.25, 0.3) is 0 Å². The molecule has 1 spiro atoms. The monoisotopic (exact) mass is 289 g/mol. The number of allylic oxidation sites excluding steroid dienone is 2. The summed E-state index contributed by atoms with van der Waals surface area (Å²) < 4.78 is 0. The third-order valence-electron chi connectivity index (χ3n) is 6.20. The van der Waals surface area contributed by atoms with E-state index in [4.69, 9.17) is 5.73 Å². The lowest BCUT2D eigenvalue weighted by atomic mass is 9.62. The van der Waals surface area contributed by atoms with Crippen LogP contribution in [0.1, 0.15) is 41.6 Å². The van der Waals surface area contributed by atoms with Gasteiger partial charge in [-0.15, -0.1) is 0 Å². The van der Waals surface area contributed by atoms with Crippen molar-refractivity contribution in [2.45, 2.75) is 31.1 Å². The van der Waals surface area contributed by atoms with E-state index in [-0.39, 0.29) is 5.41 Å². The second-order valence-electron chi connectivity index (χ2n) is 7.24. The Labute approximate surface area is 130 Å². The Bertz CT molecular complexity index is 850. The Morgan fingerprint density at radius 3 is 2.86 bits per heavy atom. The lowest BCUT2D eigenvalue weighted by Crippen LogP contribution is -2.36. The molecule has 2 aromatic rings. The van der Waals surface area contributed by atoms with Gasteiger partial charge in [0.1, 0.15) is 0 Å². The highest BCUT2D eigenvalue weighted by molar-refractivity contribution is 6.05. The molecule has 0 heterocycles. The molecule has 0 amide bonds. The van der Waals surface area contributed by atoms with Crippen molar-refractivity contribution in [2.75, 3.05) is 5.73 Å². The molecule has 0 aliphatic heterocycles. The Morgan fingerprint density at radius 2 is 2.09 bits per heavy atom. The predicted molar refractivity (Wildman–Crippen MR) is 89.0 cm³/mol. The molecule has 3 aliphatic carbocycles. The number of nitrogens with two attached hydrogens (primary N) is 1. The first-order valence-corrected chi connectivity index (χ1v) is 8.22. The number of anilines is 1. The molecule has 1 fully saturated rings. The van der Waals surface area contributed by atoms with Crippen LogP contribution in [-0.4, -0.2) is 5.78 Å². The molecule has 0 saturated heterocycles. The maximum Gasteiger partial charge on any atom is 0.163 e. The number of rotatable bonds is 0. The lowest BCUT2D eigenvalue weighted by molar-refractivity contribution is 0.0944. The minimum atomic E-state index is 0.180. The van der Waals surface area contributed by atoms with Gasteiger partial charge >= 0.3 is 0 Å². The highest BCUT2D eigenvalue weighted by Crippen LogP contribution is 2.58. The van der Waals surface area contributed by atoms with E-state index >= 15 is 0 Å². The highest BCUT2D eigenvalue weighted by Gasteiger charge is 2.52. The quantitative estimate of drug-likeness (QED) is 0.582. The normalized spacial score (nSPS) is 32.1. The SMILES string of the molecule is Nc1cccc2cc3c(cc12)C1(CCC3=O)CC2C=CC1C2. The number of Topliss-reactive ketones (excluding diaryl/α,β-unsaturated/α-hetero) is 1. The molecule has 2 N–H and O–H groups in total. The maximum absolute atomic E-state index is 12.5. The second kappa shape index (κ2) is 4.01. The molecule has 2 bridgehead atoms. The van der Waals surface area contributed by atoms with Crippen LogP contribution in [-0.2, 0) is 5.41 Å². The first-order valence-electron chi connectivity index (χ1n) is 8.22. The van der Waals surface area contributed by atoms with Gasteiger partial charge in [-0.05, 0) is 60.2 Å². The zero-order valence-electron chi connectivity index (χ0n) is 12.5. The van der Waals surface area contributed by atoms with Gasteiger partial charge in [-0.3, -0.25) is 4.79 Å². The average molecular weight is 289 g/mol. The van der Waals surface area contributed by atoms with Crippen LogP contribution in [0.4, 0.5) is 5.69 Å². The van der Waals surface area contributed by atoms with Crippen molar-refractivity contribution in [2.24, 2.45) is 11.8 Å². The van der Waals surface area contributed by atoms with Gasteiger partial charge in [-0.1, -0.05) is 24.3 Å². The molecule has 2 heteroatoms. The Hall–Kier alpha value is -2.09. The smallest absolute Gasteiger partial charge is 0.163 e. The number of ketones is 1. The van der Waals surface area contributed by atoms with E-state index in [2.05, 4.69) is 30.4 Å². The van der Waals surface area contributed by atoms with Crippen molar-refractivity contribution in [3.63, 3.8) is 0 Å². The third kappa shape index (κ3) is 1.43. The molecule has 1 saturated carbocycles. The molecular formula is C20H19NO. The Balaban J connectivity index is 1.82. The summed E-state index contributed by atoms with van der Waals surface area (Å²) in [5.41, 5.74) is 9.40. The molecule has 3 atom stereocenters. The molecule has 22 heavy (non-hydrogen) atoms. The number of benzene rings is 2. The van der Waals surface area contributed by atoms with Gasteiger partial charge in [0.2, 0.25) is 0 Å². The molecule has 5 rings (SSSR count). The van der Waals surface area contributed by atoms with Gasteiger partial charge in [0, 0.05) is 28.5 Å². The van der Waals surface area contributed by atoms with Crippen LogP contribution in [0.3, 0.4) is 0 Å². The molecular weight excluding hydrogens is 270 g/mol. The number of hydrogen-bond donors (Lipinski definition) is 1. The molecule has 3 unspecified atom stereocenters. The van der Waals surface area contributed by atoms with Crippen LogP contribution in [0.2, 0.25) is 0 Å². The van der Waals surface area contributed by atoms with Crippen LogP contribution in [0.5, 0.6) is 0 Å². The van der Waals surface area contributed by atoms with E-state index in [1.807, 2.05) is 12.1 Å². The van der Waals surface area contributed by atoms with Gasteiger partial charge in [0.15, 0.2) is 5.78 Å². The van der Waals surface area contributed by atoms with E-state index in [1.165, 1.54) is 18.4 Å². The Morgan fingerprint density at radius 1 is 1.18 bits per heavy atom. The molecule has 0 radical (unpaired) electrons. The van der Waals surface area contributed by atoms with Crippen LogP contribution in [0.15, 0.2) is 42.5 Å². The highest BCUT2D eigenvalue weighted by atomic mass is 16.1. The summed E-state index contributed by atoms with van der Waals surface area (Å²) >= 11 is 0. The van der Waals surface area contributed by atoms with Gasteiger partial charge in [0.05, 0.1) is 0 Å². The summed E-state index contributed by atoms with van der Waals surface area (Å²) in [5.74, 6) is 1.61. The maximum atomic E-state index is 12.5. The zero-order chi connectivity index (χ0) is 14.9. The van der Waals surface area contributed by atoms with Gasteiger partial charge in [-0.2, -0.15) is 0 Å². The summed E-state index contributed by atoms with van der Waals surface area (Å²) in [5, 5.41) is 2.19. The van der Waals surface area contributed by atoms with Crippen molar-refractivity contribution >= 4 is 22.2 Å². The van der Waals surface area contributed by atoms with Crippen molar-refractivity contribution < 1.29 is 4.79 Å². The summed E-state index contributed by atoms with van der Waals surface area (Å²) in [7, 11) is 0. The average Bonchev–Trinajstić information content (AvgIpc) is 3.12. The van der Waals surface area contributed by atoms with Crippen molar-refractivity contribution in [3.05, 3.63) is 53.6 Å². The fourth-order valence-corrected chi connectivity index (χ4v) is 5.15. The largest absolute Gasteiger partial charge is 0.398 e. The van der Waals surface area contributed by atoms with E-state index in [0.717, 1.165) is 28.4 Å². The minimum absolute atomic E-state index is 0.180. The molecule has 3 aliphatic rings. The first-order chi connectivity index (χ1) is 10.7. The van der Waals surface area contributed by atoms with Crippen LogP contribution in [0, 0.1) is 11.8 Å². The summed E-state index contributed by atoms with van der Waals surface area (Å²) in [6.07, 6.45) is 8.93. The topological polar surface area (TPSA) is 43.1 Å². The van der Waals surface area contributed by atoms with Crippen molar-refractivity contribution in [1.29, 1.82) is 0 Å². The molecule has 2 aromatic carbocycles. The second-order valence-corrected chi connectivity index (χ2v) is 7.24. The predicted octanol–water partition coefficient (Wildman–Crippen LogP) is 4.23. The fraction of sp³-hybridized carbons (Fsp3) is 0.350. The third-order valence-corrected chi connectivity index (χ3v) is 6.20. The van der Waals surface area contributed by atoms with E-state index in [9.17, 15) is 4.79 Å². The van der Waals surface area contributed by atoms with Crippen LogP contribution < -0.4 is 5.73 Å². The number of fused-ring (bicyclic) bond motifs is 6. The summed E-state index contributed by atoms with van der Waals surface area (Å²) in [4.78, 5) is 12.5. The first kappa shape index (κ1) is 12.5. The standard InChI is InChI=1S/C20H19NO/c21-18-3-1-2-13-9-16-17(10-15(13)18)20(7-6-19(16)22)11-12-4-5-14(20)8-12/h1-5,9-10,12,14H,6-8,11,21H2. The number of nitrogen functional groups attached to an aromatic ring is 1. The molecule has 0 aromatic heterocycles. The fourth-order valence-electron chi connectivity index (χ4n) is 5.15. The van der Waals surface area contributed by atoms with Crippen LogP contribution in [0.25, 0.3) is 10.8 Å². The Kier molecular flexibility index (Phi) is 2.27. The summed E-state index contributed by atoms with van der Waals surface area (Å²) in [6.45, 7) is 0. The molecule has 2 nitrogen and oxygen atoms in total. The van der Waals surface area contributed by atoms with E-state index < -0.39 is 0 Å². The van der Waals surface area contributed by atoms with E-state index in [1.54, 1.807) is 0 Å². The van der Waals surface area contributed by atoms with Gasteiger partial charge < -0.3 is 5.73 Å². The van der Waals surface area contributed by atoms with Crippen molar-refractivity contribution in [1.82, 2.24) is 0 Å². The lowest BCUT2D eigenvalue weighted by Gasteiger charge is -2.40. The minimum Gasteiger partial charge on any atom is -0.398 e. The zero-order valence-corrected chi connectivity index (χ0v) is 12.5.